The minimum atomic E-state index is -1.89. The summed E-state index contributed by atoms with van der Waals surface area (Å²) in [6.07, 6.45) is -1.01. The van der Waals surface area contributed by atoms with E-state index in [2.05, 4.69) is 0 Å². The highest BCUT2D eigenvalue weighted by atomic mass is 32.2. The first kappa shape index (κ1) is 22.7. The first-order valence-electron chi connectivity index (χ1n) is 6.90. The minimum absolute atomic E-state index is 0.0734. The monoisotopic (exact) mass is 369 g/mol. The second-order valence-electron chi connectivity index (χ2n) is 4.85. The van der Waals surface area contributed by atoms with Crippen LogP contribution in [0.15, 0.2) is 0 Å². The Hall–Kier alpha value is -1.28. The van der Waals surface area contributed by atoms with Gasteiger partial charge in [0.1, 0.15) is 6.04 Å². The summed E-state index contributed by atoms with van der Waals surface area (Å²) in [5.74, 6) is -3.91. The maximum absolute atomic E-state index is 12.3. The molecular formula is C12H23N3O8S. The van der Waals surface area contributed by atoms with Crippen molar-refractivity contribution in [2.75, 3.05) is 31.3 Å². The highest BCUT2D eigenvalue weighted by Crippen LogP contribution is 2.10. The number of aliphatic hydroxyl groups excluding tert-OH is 4. The highest BCUT2D eigenvalue weighted by Gasteiger charge is 2.38. The molecule has 11 nitrogen and oxygen atoms in total. The van der Waals surface area contributed by atoms with Gasteiger partial charge in [-0.15, -0.1) is 0 Å². The average Bonchev–Trinajstić information content (AvgIpc) is 2.56. The number of aliphatic carboxylic acids is 1. The van der Waals surface area contributed by atoms with Crippen LogP contribution in [0.2, 0.25) is 0 Å². The molecule has 9 N–H and O–H groups in total. The quantitative estimate of drug-likeness (QED) is 0.185. The number of hydrogen-bond acceptors (Lipinski definition) is 10. The average molecular weight is 369 g/mol. The molecule has 0 fully saturated rings. The molecule has 0 aliphatic heterocycles. The second-order valence-corrected chi connectivity index (χ2v) is 5.93. The maximum atomic E-state index is 12.3. The van der Waals surface area contributed by atoms with Gasteiger partial charge in [0, 0.05) is 11.5 Å². The molecule has 0 radical (unpaired) electrons. The molecule has 0 aromatic rings. The van der Waals surface area contributed by atoms with E-state index in [1.54, 1.807) is 0 Å². The number of carboxylic acid groups (broad SMARTS) is 1. The first-order valence-corrected chi connectivity index (χ1v) is 8.05. The number of imide groups is 1. The van der Waals surface area contributed by atoms with Crippen molar-refractivity contribution in [3.8, 4) is 0 Å². The van der Waals surface area contributed by atoms with Crippen LogP contribution in [0, 0.1) is 0 Å². The Labute approximate surface area is 142 Å². The standard InChI is InChI=1S/C12H23N3O8S/c13-7(2-17)10(20)15(9(3-18)12(22)23)11(21)8(14)5-24-4-6(19)1-16/h6-9,16-19H,1-5,13-14H2,(H,22,23). The molecule has 0 saturated heterocycles. The van der Waals surface area contributed by atoms with Gasteiger partial charge in [-0.1, -0.05) is 0 Å². The van der Waals surface area contributed by atoms with Crippen molar-refractivity contribution in [2.24, 2.45) is 11.5 Å². The van der Waals surface area contributed by atoms with Gasteiger partial charge in [-0.2, -0.15) is 11.8 Å². The van der Waals surface area contributed by atoms with Crippen molar-refractivity contribution in [3.63, 3.8) is 0 Å². The van der Waals surface area contributed by atoms with E-state index < -0.39 is 61.8 Å². The largest absolute Gasteiger partial charge is 0.480 e. The van der Waals surface area contributed by atoms with Crippen molar-refractivity contribution in [2.45, 2.75) is 24.2 Å². The van der Waals surface area contributed by atoms with Crippen molar-refractivity contribution >= 4 is 29.5 Å². The van der Waals surface area contributed by atoms with E-state index in [9.17, 15) is 19.5 Å². The third kappa shape index (κ3) is 6.68. The molecule has 0 heterocycles. The van der Waals surface area contributed by atoms with Crippen LogP contribution >= 0.6 is 11.8 Å². The van der Waals surface area contributed by atoms with Crippen LogP contribution in [0.3, 0.4) is 0 Å². The van der Waals surface area contributed by atoms with Gasteiger partial charge in [0.25, 0.3) is 0 Å². The summed E-state index contributed by atoms with van der Waals surface area (Å²) in [4.78, 5) is 35.7. The molecule has 2 amide bonds. The lowest BCUT2D eigenvalue weighted by Crippen LogP contribution is -2.60. The minimum Gasteiger partial charge on any atom is -0.480 e. The number of carboxylic acids is 1. The molecule has 0 rings (SSSR count). The Morgan fingerprint density at radius 1 is 0.917 bits per heavy atom. The highest BCUT2D eigenvalue weighted by molar-refractivity contribution is 7.99. The van der Waals surface area contributed by atoms with Gasteiger partial charge < -0.3 is 37.0 Å². The van der Waals surface area contributed by atoms with Crippen LogP contribution in [0.25, 0.3) is 0 Å². The van der Waals surface area contributed by atoms with E-state index in [0.717, 1.165) is 11.8 Å². The molecule has 24 heavy (non-hydrogen) atoms. The summed E-state index contributed by atoms with van der Waals surface area (Å²) < 4.78 is 0. The normalized spacial score (nSPS) is 16.1. The fourth-order valence-electron chi connectivity index (χ4n) is 1.58. The third-order valence-electron chi connectivity index (χ3n) is 2.89. The summed E-state index contributed by atoms with van der Waals surface area (Å²) in [7, 11) is 0. The van der Waals surface area contributed by atoms with Crippen LogP contribution in [-0.4, -0.2) is 104 Å². The van der Waals surface area contributed by atoms with Crippen molar-refractivity contribution in [1.82, 2.24) is 4.90 Å². The maximum Gasteiger partial charge on any atom is 0.329 e. The molecule has 0 saturated carbocycles. The van der Waals surface area contributed by atoms with Crippen LogP contribution in [0.1, 0.15) is 0 Å². The Morgan fingerprint density at radius 3 is 1.88 bits per heavy atom. The summed E-state index contributed by atoms with van der Waals surface area (Å²) in [5, 5.41) is 45.0. The number of carbonyl (C=O) groups excluding carboxylic acids is 2. The Morgan fingerprint density at radius 2 is 1.46 bits per heavy atom. The molecule has 0 aromatic carbocycles. The topological polar surface area (TPSA) is 208 Å². The molecule has 140 valence electrons. The van der Waals surface area contributed by atoms with Crippen LogP contribution in [0.5, 0.6) is 0 Å². The third-order valence-corrected chi connectivity index (χ3v) is 4.11. The Bertz CT molecular complexity index is 439. The predicted octanol–water partition coefficient (Wildman–Crippen LogP) is -4.48. The van der Waals surface area contributed by atoms with Gasteiger partial charge in [0.05, 0.1) is 32.0 Å². The first-order chi connectivity index (χ1) is 11.2. The summed E-state index contributed by atoms with van der Waals surface area (Å²) >= 11 is 1.01. The summed E-state index contributed by atoms with van der Waals surface area (Å²) in [6.45, 7) is -2.35. The smallest absolute Gasteiger partial charge is 0.329 e. The molecular weight excluding hydrogens is 346 g/mol. The molecule has 4 unspecified atom stereocenters. The summed E-state index contributed by atoms with van der Waals surface area (Å²) in [5.41, 5.74) is 11.0. The molecule has 4 atom stereocenters. The molecule has 0 bridgehead atoms. The lowest BCUT2D eigenvalue weighted by molar-refractivity contribution is -0.161. The van der Waals surface area contributed by atoms with Gasteiger partial charge in [0.2, 0.25) is 11.8 Å². The second kappa shape index (κ2) is 11.3. The molecule has 0 spiro atoms. The van der Waals surface area contributed by atoms with Gasteiger partial charge >= 0.3 is 5.97 Å². The van der Waals surface area contributed by atoms with Crippen molar-refractivity contribution in [3.05, 3.63) is 0 Å². The number of thioether (sulfide) groups is 1. The van der Waals surface area contributed by atoms with E-state index in [0.29, 0.717) is 0 Å². The van der Waals surface area contributed by atoms with E-state index in [-0.39, 0.29) is 16.4 Å². The number of aliphatic hydroxyl groups is 4. The Kier molecular flexibility index (Phi) is 10.7. The van der Waals surface area contributed by atoms with Crippen LogP contribution < -0.4 is 11.5 Å². The van der Waals surface area contributed by atoms with Gasteiger partial charge in [-0.3, -0.25) is 14.5 Å². The lowest BCUT2D eigenvalue weighted by Gasteiger charge is -2.29. The zero-order valence-corrected chi connectivity index (χ0v) is 13.6. The van der Waals surface area contributed by atoms with E-state index in [1.807, 2.05) is 0 Å². The zero-order valence-electron chi connectivity index (χ0n) is 12.8. The van der Waals surface area contributed by atoms with Gasteiger partial charge in [-0.05, 0) is 0 Å². The van der Waals surface area contributed by atoms with Gasteiger partial charge in [0.15, 0.2) is 6.04 Å². The fourth-order valence-corrected chi connectivity index (χ4v) is 2.49. The number of hydrogen-bond donors (Lipinski definition) is 7. The SMILES string of the molecule is NC(CO)C(=O)N(C(=O)C(N)CSCC(O)CO)C(CO)C(=O)O. The number of nitrogens with zero attached hydrogens (tertiary/aromatic N) is 1. The van der Waals surface area contributed by atoms with E-state index >= 15 is 0 Å². The van der Waals surface area contributed by atoms with E-state index in [1.165, 1.54) is 0 Å². The van der Waals surface area contributed by atoms with Crippen LogP contribution in [0.4, 0.5) is 0 Å². The molecule has 0 aliphatic rings. The van der Waals surface area contributed by atoms with Gasteiger partial charge in [-0.25, -0.2) is 4.79 Å². The molecule has 0 aliphatic carbocycles. The summed E-state index contributed by atoms with van der Waals surface area (Å²) in [6, 6.07) is -4.75. The Balaban J connectivity index is 5.15. The zero-order chi connectivity index (χ0) is 18.9. The number of rotatable bonds is 11. The van der Waals surface area contributed by atoms with E-state index in [4.69, 9.17) is 31.9 Å². The van der Waals surface area contributed by atoms with Crippen LogP contribution in [-0.2, 0) is 14.4 Å². The lowest BCUT2D eigenvalue weighted by atomic mass is 10.1. The number of nitrogens with two attached hydrogens (primary N) is 2. The molecule has 0 aromatic heterocycles. The fraction of sp³-hybridized carbons (Fsp3) is 0.750. The predicted molar refractivity (Wildman–Crippen MR) is 83.8 cm³/mol. The van der Waals surface area contributed by atoms with Crippen molar-refractivity contribution < 1.29 is 39.9 Å². The number of carbonyl (C=O) groups is 3. The van der Waals surface area contributed by atoms with Crippen molar-refractivity contribution in [1.29, 1.82) is 0 Å². The molecule has 12 heteroatoms. The number of amides is 2.